The first-order valence-electron chi connectivity index (χ1n) is 7.23. The Morgan fingerprint density at radius 1 is 1.05 bits per heavy atom. The van der Waals surface area contributed by atoms with Gasteiger partial charge >= 0.3 is 0 Å². The number of aryl methyl sites for hydroxylation is 1. The Labute approximate surface area is 125 Å². The van der Waals surface area contributed by atoms with Crippen LogP contribution in [0.4, 0.5) is 17.3 Å². The summed E-state index contributed by atoms with van der Waals surface area (Å²) in [7, 11) is 0. The molecule has 5 nitrogen and oxygen atoms in total. The van der Waals surface area contributed by atoms with E-state index in [0.717, 1.165) is 41.0 Å². The van der Waals surface area contributed by atoms with Gasteiger partial charge in [-0.05, 0) is 39.8 Å². The summed E-state index contributed by atoms with van der Waals surface area (Å²) in [6, 6.07) is 7.85. The maximum atomic E-state index is 5.64. The molecular formula is C16H22N4O. The molecule has 5 heteroatoms. The Hall–Kier alpha value is -2.30. The van der Waals surface area contributed by atoms with Crippen molar-refractivity contribution in [3.63, 3.8) is 0 Å². The zero-order chi connectivity index (χ0) is 15.2. The Kier molecular flexibility index (Phi) is 4.98. The van der Waals surface area contributed by atoms with E-state index in [4.69, 9.17) is 4.74 Å². The van der Waals surface area contributed by atoms with Crippen LogP contribution < -0.4 is 15.4 Å². The second-order valence-corrected chi connectivity index (χ2v) is 4.68. The number of anilines is 3. The highest BCUT2D eigenvalue weighted by molar-refractivity contribution is 5.69. The number of hydrogen-bond acceptors (Lipinski definition) is 5. The van der Waals surface area contributed by atoms with Crippen molar-refractivity contribution in [3.05, 3.63) is 35.7 Å². The van der Waals surface area contributed by atoms with Crippen molar-refractivity contribution in [2.24, 2.45) is 0 Å². The van der Waals surface area contributed by atoms with Gasteiger partial charge in [0.25, 0.3) is 0 Å². The highest BCUT2D eigenvalue weighted by Crippen LogP contribution is 2.29. The third-order valence-corrected chi connectivity index (χ3v) is 3.04. The summed E-state index contributed by atoms with van der Waals surface area (Å²) in [5.41, 5.74) is 1.90. The Balaban J connectivity index is 2.35. The van der Waals surface area contributed by atoms with E-state index in [1.54, 1.807) is 0 Å². The Morgan fingerprint density at radius 2 is 1.76 bits per heavy atom. The molecule has 2 aromatic rings. The first-order valence-corrected chi connectivity index (χ1v) is 7.23. The van der Waals surface area contributed by atoms with Gasteiger partial charge < -0.3 is 15.4 Å². The first-order chi connectivity index (χ1) is 10.2. The van der Waals surface area contributed by atoms with Crippen molar-refractivity contribution in [1.82, 2.24) is 9.97 Å². The third-order valence-electron chi connectivity index (χ3n) is 3.04. The van der Waals surface area contributed by atoms with Crippen LogP contribution in [0.3, 0.4) is 0 Å². The number of para-hydroxylation sites is 2. The van der Waals surface area contributed by atoms with E-state index in [2.05, 4.69) is 20.6 Å². The predicted molar refractivity (Wildman–Crippen MR) is 86.6 cm³/mol. The molecule has 0 amide bonds. The van der Waals surface area contributed by atoms with E-state index in [1.807, 2.05) is 52.0 Å². The van der Waals surface area contributed by atoms with Crippen LogP contribution in [-0.4, -0.2) is 23.1 Å². The molecule has 0 radical (unpaired) electrons. The van der Waals surface area contributed by atoms with Crippen LogP contribution in [0, 0.1) is 13.8 Å². The molecule has 0 spiro atoms. The van der Waals surface area contributed by atoms with Gasteiger partial charge in [-0.1, -0.05) is 12.1 Å². The van der Waals surface area contributed by atoms with E-state index in [1.165, 1.54) is 0 Å². The number of nitrogens with zero attached hydrogens (tertiary/aromatic N) is 2. The molecule has 112 valence electrons. The Bertz CT molecular complexity index is 613. The largest absolute Gasteiger partial charge is 0.492 e. The minimum atomic E-state index is 0.628. The van der Waals surface area contributed by atoms with Crippen molar-refractivity contribution < 1.29 is 4.74 Å². The lowest BCUT2D eigenvalue weighted by molar-refractivity contribution is 0.342. The number of rotatable bonds is 6. The molecule has 1 aromatic heterocycles. The van der Waals surface area contributed by atoms with Crippen molar-refractivity contribution in [2.75, 3.05) is 23.8 Å². The minimum absolute atomic E-state index is 0.628. The standard InChI is InChI=1S/C16H22N4O/c1-5-17-15-11(3)16(19-12(4)18-15)20-13-9-7-8-10-14(13)21-6-2/h7-10H,5-6H2,1-4H3,(H2,17,18,19,20). The van der Waals surface area contributed by atoms with Gasteiger partial charge in [0.1, 0.15) is 23.2 Å². The molecule has 2 rings (SSSR count). The van der Waals surface area contributed by atoms with Gasteiger partial charge in [-0.15, -0.1) is 0 Å². The van der Waals surface area contributed by atoms with E-state index >= 15 is 0 Å². The lowest BCUT2D eigenvalue weighted by Crippen LogP contribution is -2.08. The smallest absolute Gasteiger partial charge is 0.142 e. The minimum Gasteiger partial charge on any atom is -0.492 e. The second-order valence-electron chi connectivity index (χ2n) is 4.68. The number of ether oxygens (including phenoxy) is 1. The van der Waals surface area contributed by atoms with Gasteiger partial charge in [0.15, 0.2) is 0 Å². The molecular weight excluding hydrogens is 264 g/mol. The molecule has 0 saturated heterocycles. The summed E-state index contributed by atoms with van der Waals surface area (Å²) in [5.74, 6) is 3.21. The highest BCUT2D eigenvalue weighted by Gasteiger charge is 2.11. The average molecular weight is 286 g/mol. The quantitative estimate of drug-likeness (QED) is 0.848. The maximum absolute atomic E-state index is 5.64. The molecule has 0 atom stereocenters. The molecule has 0 fully saturated rings. The summed E-state index contributed by atoms with van der Waals surface area (Å²) < 4.78 is 5.64. The molecule has 0 saturated carbocycles. The summed E-state index contributed by atoms with van der Waals surface area (Å²) in [6.45, 7) is 9.37. The van der Waals surface area contributed by atoms with E-state index < -0.39 is 0 Å². The van der Waals surface area contributed by atoms with E-state index in [-0.39, 0.29) is 0 Å². The fourth-order valence-corrected chi connectivity index (χ4v) is 2.07. The van der Waals surface area contributed by atoms with Crippen molar-refractivity contribution in [1.29, 1.82) is 0 Å². The molecule has 2 N–H and O–H groups in total. The molecule has 0 aliphatic carbocycles. The lowest BCUT2D eigenvalue weighted by Gasteiger charge is -2.15. The van der Waals surface area contributed by atoms with E-state index in [9.17, 15) is 0 Å². The SMILES string of the molecule is CCNc1nc(C)nc(Nc2ccccc2OCC)c1C. The zero-order valence-electron chi connectivity index (χ0n) is 13.0. The molecule has 0 aliphatic heterocycles. The summed E-state index contributed by atoms with van der Waals surface area (Å²) >= 11 is 0. The van der Waals surface area contributed by atoms with Crippen LogP contribution in [0.2, 0.25) is 0 Å². The van der Waals surface area contributed by atoms with Crippen molar-refractivity contribution in [2.45, 2.75) is 27.7 Å². The topological polar surface area (TPSA) is 59.1 Å². The average Bonchev–Trinajstić information content (AvgIpc) is 2.46. The molecule has 1 heterocycles. The molecule has 21 heavy (non-hydrogen) atoms. The predicted octanol–water partition coefficient (Wildman–Crippen LogP) is 3.67. The van der Waals surface area contributed by atoms with Crippen LogP contribution in [-0.2, 0) is 0 Å². The zero-order valence-corrected chi connectivity index (χ0v) is 13.0. The molecule has 0 bridgehead atoms. The fraction of sp³-hybridized carbons (Fsp3) is 0.375. The summed E-state index contributed by atoms with van der Waals surface area (Å²) in [6.07, 6.45) is 0. The summed E-state index contributed by atoms with van der Waals surface area (Å²) in [5, 5.41) is 6.61. The molecule has 1 aromatic carbocycles. The monoisotopic (exact) mass is 286 g/mol. The van der Waals surface area contributed by atoms with Crippen LogP contribution in [0.1, 0.15) is 25.2 Å². The molecule has 0 aliphatic rings. The van der Waals surface area contributed by atoms with Crippen LogP contribution >= 0.6 is 0 Å². The number of hydrogen-bond donors (Lipinski definition) is 2. The lowest BCUT2D eigenvalue weighted by atomic mass is 10.2. The van der Waals surface area contributed by atoms with Gasteiger partial charge in [-0.25, -0.2) is 9.97 Å². The Morgan fingerprint density at radius 3 is 2.48 bits per heavy atom. The van der Waals surface area contributed by atoms with Crippen LogP contribution in [0.5, 0.6) is 5.75 Å². The number of aromatic nitrogens is 2. The third kappa shape index (κ3) is 3.62. The van der Waals surface area contributed by atoms with Gasteiger partial charge in [-0.2, -0.15) is 0 Å². The number of nitrogens with one attached hydrogen (secondary N) is 2. The van der Waals surface area contributed by atoms with E-state index in [0.29, 0.717) is 6.61 Å². The van der Waals surface area contributed by atoms with Crippen LogP contribution in [0.25, 0.3) is 0 Å². The van der Waals surface area contributed by atoms with Gasteiger partial charge in [0, 0.05) is 12.1 Å². The normalized spacial score (nSPS) is 10.3. The summed E-state index contributed by atoms with van der Waals surface area (Å²) in [4.78, 5) is 8.92. The fourth-order valence-electron chi connectivity index (χ4n) is 2.07. The van der Waals surface area contributed by atoms with Crippen LogP contribution in [0.15, 0.2) is 24.3 Å². The van der Waals surface area contributed by atoms with Crippen molar-refractivity contribution >= 4 is 17.3 Å². The molecule has 0 unspecified atom stereocenters. The highest BCUT2D eigenvalue weighted by atomic mass is 16.5. The van der Waals surface area contributed by atoms with Gasteiger partial charge in [-0.3, -0.25) is 0 Å². The van der Waals surface area contributed by atoms with Gasteiger partial charge in [0.2, 0.25) is 0 Å². The first kappa shape index (κ1) is 15.1. The second kappa shape index (κ2) is 6.92. The maximum Gasteiger partial charge on any atom is 0.142 e. The number of benzene rings is 1. The van der Waals surface area contributed by atoms with Crippen molar-refractivity contribution in [3.8, 4) is 5.75 Å². The van der Waals surface area contributed by atoms with Gasteiger partial charge in [0.05, 0.1) is 12.3 Å².